The number of aromatic nitrogens is 2. The van der Waals surface area contributed by atoms with E-state index in [9.17, 15) is 0 Å². The van der Waals surface area contributed by atoms with Crippen molar-refractivity contribution in [2.45, 2.75) is 19.8 Å². The summed E-state index contributed by atoms with van der Waals surface area (Å²) in [7, 11) is 0. The minimum Gasteiger partial charge on any atom is -0.330 e. The maximum absolute atomic E-state index is 5.98. The molecule has 3 nitrogen and oxygen atoms in total. The van der Waals surface area contributed by atoms with Crippen molar-refractivity contribution in [1.82, 2.24) is 9.38 Å². The molecule has 0 unspecified atom stereocenters. The zero-order valence-electron chi connectivity index (χ0n) is 8.70. The van der Waals surface area contributed by atoms with Gasteiger partial charge in [0.05, 0.1) is 5.52 Å². The van der Waals surface area contributed by atoms with E-state index in [1.165, 1.54) is 5.56 Å². The van der Waals surface area contributed by atoms with Gasteiger partial charge < -0.3 is 10.1 Å². The molecule has 0 fully saturated rings. The summed E-state index contributed by atoms with van der Waals surface area (Å²) in [6.07, 6.45) is 4.09. The molecule has 0 aromatic carbocycles. The summed E-state index contributed by atoms with van der Waals surface area (Å²) < 4.78 is 2.02. The molecular formula is C11H14ClN3. The molecule has 0 spiro atoms. The highest BCUT2D eigenvalue weighted by Gasteiger charge is 2.05. The fourth-order valence-corrected chi connectivity index (χ4v) is 1.96. The summed E-state index contributed by atoms with van der Waals surface area (Å²) in [5.74, 6) is 0.921. The van der Waals surface area contributed by atoms with E-state index in [2.05, 4.69) is 17.2 Å². The number of aryl methyl sites for hydroxylation is 2. The second-order valence-corrected chi connectivity index (χ2v) is 3.99. The van der Waals surface area contributed by atoms with Gasteiger partial charge in [0.2, 0.25) is 0 Å². The number of halogens is 1. The molecule has 15 heavy (non-hydrogen) atoms. The van der Waals surface area contributed by atoms with Gasteiger partial charge in [0.1, 0.15) is 5.82 Å². The first-order valence-corrected chi connectivity index (χ1v) is 5.43. The third kappa shape index (κ3) is 1.98. The molecular weight excluding hydrogens is 210 g/mol. The van der Waals surface area contributed by atoms with Gasteiger partial charge in [0.25, 0.3) is 0 Å². The van der Waals surface area contributed by atoms with Crippen LogP contribution in [0, 0.1) is 6.92 Å². The molecule has 0 saturated heterocycles. The van der Waals surface area contributed by atoms with Gasteiger partial charge in [-0.05, 0) is 37.9 Å². The molecule has 80 valence electrons. The average Bonchev–Trinajstić information content (AvgIpc) is 2.52. The summed E-state index contributed by atoms with van der Waals surface area (Å²) in [6, 6.07) is 4.09. The Bertz CT molecular complexity index is 476. The van der Waals surface area contributed by atoms with E-state index in [0.29, 0.717) is 5.15 Å². The Hall–Kier alpha value is -1.06. The van der Waals surface area contributed by atoms with Crippen LogP contribution in [0.5, 0.6) is 0 Å². The molecule has 0 saturated carbocycles. The van der Waals surface area contributed by atoms with Crippen molar-refractivity contribution in [2.24, 2.45) is 5.73 Å². The second kappa shape index (κ2) is 4.21. The maximum atomic E-state index is 5.98. The van der Waals surface area contributed by atoms with E-state index in [4.69, 9.17) is 17.3 Å². The van der Waals surface area contributed by atoms with Gasteiger partial charge in [-0.1, -0.05) is 17.7 Å². The third-order valence-corrected chi connectivity index (χ3v) is 2.78. The van der Waals surface area contributed by atoms with Gasteiger partial charge in [0.15, 0.2) is 5.15 Å². The molecule has 2 heterocycles. The number of imidazole rings is 1. The van der Waals surface area contributed by atoms with Crippen molar-refractivity contribution in [3.8, 4) is 0 Å². The van der Waals surface area contributed by atoms with Crippen LogP contribution in [0.2, 0.25) is 5.15 Å². The molecule has 0 amide bonds. The van der Waals surface area contributed by atoms with Crippen molar-refractivity contribution in [2.75, 3.05) is 6.54 Å². The van der Waals surface area contributed by atoms with Crippen LogP contribution in [0.1, 0.15) is 17.8 Å². The van der Waals surface area contributed by atoms with Crippen molar-refractivity contribution in [3.05, 3.63) is 34.9 Å². The van der Waals surface area contributed by atoms with Gasteiger partial charge in [0, 0.05) is 6.20 Å². The lowest BCUT2D eigenvalue weighted by atomic mass is 10.1. The van der Waals surface area contributed by atoms with Crippen molar-refractivity contribution < 1.29 is 0 Å². The van der Waals surface area contributed by atoms with E-state index in [1.807, 2.05) is 17.4 Å². The van der Waals surface area contributed by atoms with Crippen LogP contribution >= 0.6 is 11.6 Å². The first kappa shape index (κ1) is 10.5. The predicted molar refractivity (Wildman–Crippen MR) is 62.3 cm³/mol. The summed E-state index contributed by atoms with van der Waals surface area (Å²) in [5, 5.41) is 0.567. The molecule has 4 heteroatoms. The van der Waals surface area contributed by atoms with Gasteiger partial charge in [-0.15, -0.1) is 0 Å². The number of pyridine rings is 1. The average molecular weight is 224 g/mol. The number of nitrogens with two attached hydrogens (primary N) is 1. The number of hydrogen-bond donors (Lipinski definition) is 1. The second-order valence-electron chi connectivity index (χ2n) is 3.63. The highest BCUT2D eigenvalue weighted by atomic mass is 35.5. The van der Waals surface area contributed by atoms with Crippen LogP contribution in [0.3, 0.4) is 0 Å². The van der Waals surface area contributed by atoms with Crippen LogP contribution in [0.4, 0.5) is 0 Å². The van der Waals surface area contributed by atoms with Crippen LogP contribution in [-0.2, 0) is 6.42 Å². The van der Waals surface area contributed by atoms with Gasteiger partial charge in [-0.2, -0.15) is 0 Å². The van der Waals surface area contributed by atoms with Crippen molar-refractivity contribution in [3.63, 3.8) is 0 Å². The Morgan fingerprint density at radius 3 is 3.00 bits per heavy atom. The number of nitrogens with zero attached hydrogens (tertiary/aromatic N) is 2. The topological polar surface area (TPSA) is 43.3 Å². The summed E-state index contributed by atoms with van der Waals surface area (Å²) >= 11 is 5.98. The van der Waals surface area contributed by atoms with Crippen molar-refractivity contribution >= 4 is 17.1 Å². The molecule has 0 aliphatic carbocycles. The molecule has 0 radical (unpaired) electrons. The molecule has 0 bridgehead atoms. The van der Waals surface area contributed by atoms with Crippen LogP contribution in [0.15, 0.2) is 18.3 Å². The fraction of sp³-hybridized carbons (Fsp3) is 0.364. The van der Waals surface area contributed by atoms with E-state index < -0.39 is 0 Å². The first-order valence-electron chi connectivity index (χ1n) is 5.05. The lowest BCUT2D eigenvalue weighted by Gasteiger charge is -2.02. The number of fused-ring (bicyclic) bond motifs is 1. The van der Waals surface area contributed by atoms with E-state index in [0.717, 1.165) is 30.7 Å². The van der Waals surface area contributed by atoms with Crippen LogP contribution in [-0.4, -0.2) is 15.9 Å². The Morgan fingerprint density at radius 1 is 1.47 bits per heavy atom. The normalized spacial score (nSPS) is 11.1. The molecule has 2 N–H and O–H groups in total. The SMILES string of the molecule is Cc1nc(Cl)c2ccc(CCCN)cn12. The zero-order chi connectivity index (χ0) is 10.8. The van der Waals surface area contributed by atoms with Crippen molar-refractivity contribution in [1.29, 1.82) is 0 Å². The highest BCUT2D eigenvalue weighted by molar-refractivity contribution is 6.32. The molecule has 0 aliphatic heterocycles. The molecule has 0 atom stereocenters. The maximum Gasteiger partial charge on any atom is 0.155 e. The monoisotopic (exact) mass is 223 g/mol. The number of rotatable bonds is 3. The van der Waals surface area contributed by atoms with Gasteiger partial charge in [-0.3, -0.25) is 0 Å². The Kier molecular flexibility index (Phi) is 2.93. The van der Waals surface area contributed by atoms with E-state index in [1.54, 1.807) is 0 Å². The van der Waals surface area contributed by atoms with E-state index in [-0.39, 0.29) is 0 Å². The summed E-state index contributed by atoms with van der Waals surface area (Å²) in [5.41, 5.74) is 7.71. The Balaban J connectivity index is 2.41. The molecule has 2 aromatic heterocycles. The Labute approximate surface area is 93.9 Å². The first-order chi connectivity index (χ1) is 7.22. The quantitative estimate of drug-likeness (QED) is 0.867. The third-order valence-electron chi connectivity index (χ3n) is 2.50. The highest BCUT2D eigenvalue weighted by Crippen LogP contribution is 2.19. The zero-order valence-corrected chi connectivity index (χ0v) is 9.46. The minimum absolute atomic E-state index is 0.567. The predicted octanol–water partition coefficient (Wildman–Crippen LogP) is 2.19. The summed E-state index contributed by atoms with van der Waals surface area (Å²) in [4.78, 5) is 4.22. The Morgan fingerprint density at radius 2 is 2.27 bits per heavy atom. The minimum atomic E-state index is 0.567. The van der Waals surface area contributed by atoms with E-state index >= 15 is 0 Å². The molecule has 2 aromatic rings. The van der Waals surface area contributed by atoms with Crippen LogP contribution < -0.4 is 5.73 Å². The smallest absolute Gasteiger partial charge is 0.155 e. The lowest BCUT2D eigenvalue weighted by Crippen LogP contribution is -2.01. The van der Waals surface area contributed by atoms with Gasteiger partial charge >= 0.3 is 0 Å². The largest absolute Gasteiger partial charge is 0.330 e. The lowest BCUT2D eigenvalue weighted by molar-refractivity contribution is 0.825. The van der Waals surface area contributed by atoms with Gasteiger partial charge in [-0.25, -0.2) is 4.98 Å². The molecule has 2 rings (SSSR count). The number of hydrogen-bond acceptors (Lipinski definition) is 2. The fourth-order valence-electron chi connectivity index (χ4n) is 1.69. The standard InChI is InChI=1S/C11H14ClN3/c1-8-14-11(12)10-5-4-9(3-2-6-13)7-15(8)10/h4-5,7H,2-3,6,13H2,1H3. The summed E-state index contributed by atoms with van der Waals surface area (Å²) in [6.45, 7) is 2.67. The van der Waals surface area contributed by atoms with Crippen LogP contribution in [0.25, 0.3) is 5.52 Å². The molecule has 0 aliphatic rings.